The van der Waals surface area contributed by atoms with E-state index < -0.39 is 5.91 Å². The van der Waals surface area contributed by atoms with E-state index in [9.17, 15) is 9.59 Å². The maximum absolute atomic E-state index is 11.8. The summed E-state index contributed by atoms with van der Waals surface area (Å²) in [6.07, 6.45) is 1.65. The summed E-state index contributed by atoms with van der Waals surface area (Å²) in [5.74, 6) is 0.623. The van der Waals surface area contributed by atoms with Crippen molar-refractivity contribution in [3.63, 3.8) is 0 Å². The minimum atomic E-state index is -0.425. The zero-order valence-corrected chi connectivity index (χ0v) is 14.5. The number of halogens is 1. The summed E-state index contributed by atoms with van der Waals surface area (Å²) >= 11 is 5.79. The van der Waals surface area contributed by atoms with Crippen LogP contribution in [0.2, 0.25) is 5.02 Å². The Balaban J connectivity index is 1.41. The van der Waals surface area contributed by atoms with Gasteiger partial charge < -0.3 is 14.8 Å². The first-order valence-electron chi connectivity index (χ1n) is 7.83. The van der Waals surface area contributed by atoms with Crippen LogP contribution in [0.4, 0.5) is 0 Å². The number of carbonyl (C=O) groups is 2. The predicted octanol–water partition coefficient (Wildman–Crippen LogP) is 1.88. The molecule has 0 radical (unpaired) electrons. The first kappa shape index (κ1) is 17.8. The van der Waals surface area contributed by atoms with Gasteiger partial charge in [0.2, 0.25) is 12.7 Å². The second-order valence-electron chi connectivity index (χ2n) is 5.49. The van der Waals surface area contributed by atoms with Gasteiger partial charge in [-0.05, 0) is 41.5 Å². The quantitative estimate of drug-likeness (QED) is 0.597. The van der Waals surface area contributed by atoms with E-state index in [1.165, 1.54) is 6.21 Å². The molecule has 0 saturated heterocycles. The molecule has 134 valence electrons. The molecule has 7 nitrogen and oxygen atoms in total. The van der Waals surface area contributed by atoms with E-state index in [-0.39, 0.29) is 25.7 Å². The summed E-state index contributed by atoms with van der Waals surface area (Å²) in [6, 6.07) is 12.3. The largest absolute Gasteiger partial charge is 0.454 e. The number of hydrogen-bond acceptors (Lipinski definition) is 5. The molecule has 0 aromatic heterocycles. The molecule has 0 saturated carbocycles. The fourth-order valence-corrected chi connectivity index (χ4v) is 2.37. The summed E-state index contributed by atoms with van der Waals surface area (Å²) < 4.78 is 10.5. The van der Waals surface area contributed by atoms with Gasteiger partial charge in [-0.2, -0.15) is 5.10 Å². The lowest BCUT2D eigenvalue weighted by atomic mass is 10.1. The molecule has 0 aliphatic carbocycles. The van der Waals surface area contributed by atoms with Crippen LogP contribution >= 0.6 is 11.6 Å². The minimum Gasteiger partial charge on any atom is -0.454 e. The first-order chi connectivity index (χ1) is 12.6. The number of rotatable bonds is 6. The molecule has 0 spiro atoms. The van der Waals surface area contributed by atoms with Crippen LogP contribution in [0, 0.1) is 0 Å². The number of ether oxygens (including phenoxy) is 2. The average molecular weight is 374 g/mol. The topological polar surface area (TPSA) is 89.0 Å². The number of hydrazone groups is 1. The maximum atomic E-state index is 11.8. The number of nitrogens with zero attached hydrogens (tertiary/aromatic N) is 1. The predicted molar refractivity (Wildman–Crippen MR) is 96.5 cm³/mol. The van der Waals surface area contributed by atoms with Gasteiger partial charge in [0.25, 0.3) is 5.91 Å². The molecular formula is C18H16ClN3O4. The summed E-state index contributed by atoms with van der Waals surface area (Å²) in [6.45, 7) is 0.0350. The van der Waals surface area contributed by atoms with Crippen LogP contribution in [-0.2, 0) is 16.0 Å². The molecule has 1 aliphatic heterocycles. The van der Waals surface area contributed by atoms with Gasteiger partial charge in [0.1, 0.15) is 0 Å². The van der Waals surface area contributed by atoms with Gasteiger partial charge in [0.15, 0.2) is 11.5 Å². The van der Waals surface area contributed by atoms with E-state index in [2.05, 4.69) is 15.8 Å². The van der Waals surface area contributed by atoms with Crippen molar-refractivity contribution < 1.29 is 19.1 Å². The maximum Gasteiger partial charge on any atom is 0.259 e. The Hall–Kier alpha value is -3.06. The van der Waals surface area contributed by atoms with Crippen molar-refractivity contribution >= 4 is 29.6 Å². The third kappa shape index (κ3) is 4.97. The monoisotopic (exact) mass is 373 g/mol. The van der Waals surface area contributed by atoms with Crippen LogP contribution in [0.1, 0.15) is 11.1 Å². The van der Waals surface area contributed by atoms with E-state index in [1.54, 1.807) is 42.5 Å². The van der Waals surface area contributed by atoms with E-state index in [0.29, 0.717) is 16.5 Å². The average Bonchev–Trinajstić information content (AvgIpc) is 3.10. The van der Waals surface area contributed by atoms with E-state index in [0.717, 1.165) is 11.1 Å². The summed E-state index contributed by atoms with van der Waals surface area (Å²) in [4.78, 5) is 23.5. The van der Waals surface area contributed by atoms with Crippen molar-refractivity contribution in [3.05, 3.63) is 58.6 Å². The highest BCUT2D eigenvalue weighted by atomic mass is 35.5. The Bertz CT molecular complexity index is 837. The number of hydrogen-bond donors (Lipinski definition) is 2. The molecule has 8 heteroatoms. The van der Waals surface area contributed by atoms with Gasteiger partial charge in [-0.1, -0.05) is 23.7 Å². The molecule has 2 aromatic carbocycles. The van der Waals surface area contributed by atoms with Crippen molar-refractivity contribution in [2.24, 2.45) is 5.10 Å². The molecule has 0 atom stereocenters. The SMILES string of the molecule is O=C(Cc1ccc(Cl)cc1)NCC(=O)N/N=C\c1ccc2c(c1)OCO2. The van der Waals surface area contributed by atoms with Crippen LogP contribution in [0.5, 0.6) is 11.5 Å². The van der Waals surface area contributed by atoms with Gasteiger partial charge in [-0.15, -0.1) is 0 Å². The van der Waals surface area contributed by atoms with Crippen molar-refractivity contribution in [2.75, 3.05) is 13.3 Å². The molecule has 0 bridgehead atoms. The van der Waals surface area contributed by atoms with Gasteiger partial charge in [-0.3, -0.25) is 9.59 Å². The highest BCUT2D eigenvalue weighted by Gasteiger charge is 2.12. The number of amides is 2. The smallest absolute Gasteiger partial charge is 0.259 e. The molecule has 2 aromatic rings. The molecule has 0 fully saturated rings. The lowest BCUT2D eigenvalue weighted by Gasteiger charge is -2.04. The number of carbonyl (C=O) groups excluding carboxylic acids is 2. The summed E-state index contributed by atoms with van der Waals surface area (Å²) in [5.41, 5.74) is 3.92. The summed E-state index contributed by atoms with van der Waals surface area (Å²) in [5, 5.41) is 6.99. The van der Waals surface area contributed by atoms with Crippen molar-refractivity contribution in [1.29, 1.82) is 0 Å². The molecule has 1 heterocycles. The Kier molecular flexibility index (Phi) is 5.70. The van der Waals surface area contributed by atoms with E-state index >= 15 is 0 Å². The molecule has 3 rings (SSSR count). The van der Waals surface area contributed by atoms with Gasteiger partial charge in [0.05, 0.1) is 19.2 Å². The van der Waals surface area contributed by atoms with E-state index in [1.807, 2.05) is 0 Å². The molecular weight excluding hydrogens is 358 g/mol. The standard InChI is InChI=1S/C18H16ClN3O4/c19-14-4-1-12(2-5-14)8-17(23)20-10-18(24)22-21-9-13-3-6-15-16(7-13)26-11-25-15/h1-7,9H,8,10-11H2,(H,20,23)(H,22,24)/b21-9-. The van der Waals surface area contributed by atoms with Crippen LogP contribution in [-0.4, -0.2) is 31.4 Å². The molecule has 2 amide bonds. The fraction of sp³-hybridized carbons (Fsp3) is 0.167. The Morgan fingerprint density at radius 3 is 2.65 bits per heavy atom. The van der Waals surface area contributed by atoms with Crippen molar-refractivity contribution in [3.8, 4) is 11.5 Å². The zero-order chi connectivity index (χ0) is 18.4. The highest BCUT2D eigenvalue weighted by Crippen LogP contribution is 2.31. The van der Waals surface area contributed by atoms with Crippen LogP contribution < -0.4 is 20.2 Å². The van der Waals surface area contributed by atoms with Gasteiger partial charge >= 0.3 is 0 Å². The zero-order valence-electron chi connectivity index (χ0n) is 13.7. The first-order valence-corrected chi connectivity index (χ1v) is 8.20. The second kappa shape index (κ2) is 8.35. The Morgan fingerprint density at radius 1 is 1.08 bits per heavy atom. The number of benzene rings is 2. The number of nitrogens with one attached hydrogen (secondary N) is 2. The normalized spacial score (nSPS) is 12.2. The van der Waals surface area contributed by atoms with Gasteiger partial charge in [0, 0.05) is 5.02 Å². The summed E-state index contributed by atoms with van der Waals surface area (Å²) in [7, 11) is 0. The lowest BCUT2D eigenvalue weighted by molar-refractivity contribution is -0.125. The van der Waals surface area contributed by atoms with Crippen LogP contribution in [0.15, 0.2) is 47.6 Å². The highest BCUT2D eigenvalue weighted by molar-refractivity contribution is 6.30. The van der Waals surface area contributed by atoms with Crippen molar-refractivity contribution in [2.45, 2.75) is 6.42 Å². The second-order valence-corrected chi connectivity index (χ2v) is 5.92. The lowest BCUT2D eigenvalue weighted by Crippen LogP contribution is -2.35. The van der Waals surface area contributed by atoms with Crippen LogP contribution in [0.25, 0.3) is 0 Å². The van der Waals surface area contributed by atoms with Crippen molar-refractivity contribution in [1.82, 2.24) is 10.7 Å². The minimum absolute atomic E-state index is 0.162. The van der Waals surface area contributed by atoms with Crippen LogP contribution in [0.3, 0.4) is 0 Å². The third-order valence-corrected chi connectivity index (χ3v) is 3.78. The van der Waals surface area contributed by atoms with Gasteiger partial charge in [-0.25, -0.2) is 5.43 Å². The Morgan fingerprint density at radius 2 is 1.85 bits per heavy atom. The fourth-order valence-electron chi connectivity index (χ4n) is 2.24. The molecule has 0 unspecified atom stereocenters. The molecule has 1 aliphatic rings. The number of fused-ring (bicyclic) bond motifs is 1. The van der Waals surface area contributed by atoms with E-state index in [4.69, 9.17) is 21.1 Å². The molecule has 2 N–H and O–H groups in total. The molecule has 26 heavy (non-hydrogen) atoms. The Labute approximate surface area is 154 Å². The third-order valence-electron chi connectivity index (χ3n) is 3.52.